The maximum Gasteiger partial charge on any atom is 0.137 e. The monoisotopic (exact) mass is 307 g/mol. The first-order valence-electron chi connectivity index (χ1n) is 5.52. The van der Waals surface area contributed by atoms with Crippen molar-refractivity contribution in [3.05, 3.63) is 58.3 Å². The Labute approximate surface area is 115 Å². The highest BCUT2D eigenvalue weighted by Crippen LogP contribution is 2.31. The minimum Gasteiger partial charge on any atom is -0.495 e. The molecular formula is C14H14BrNO2. The molecule has 0 aliphatic carbocycles. The summed E-state index contributed by atoms with van der Waals surface area (Å²) in [6.45, 7) is 1.74. The zero-order chi connectivity index (χ0) is 13.2. The van der Waals surface area contributed by atoms with Crippen molar-refractivity contribution in [3.8, 4) is 5.75 Å². The molecule has 1 atom stereocenters. The second kappa shape index (κ2) is 5.08. The molecule has 0 spiro atoms. The van der Waals surface area contributed by atoms with Crippen molar-refractivity contribution in [2.45, 2.75) is 12.5 Å². The van der Waals surface area contributed by atoms with Crippen LogP contribution in [0.25, 0.3) is 0 Å². The fourth-order valence-electron chi connectivity index (χ4n) is 1.74. The van der Waals surface area contributed by atoms with E-state index in [0.717, 1.165) is 10.0 Å². The number of nitrogens with zero attached hydrogens (tertiary/aromatic N) is 1. The Kier molecular flexibility index (Phi) is 3.68. The molecule has 0 radical (unpaired) electrons. The van der Waals surface area contributed by atoms with Crippen molar-refractivity contribution in [1.29, 1.82) is 0 Å². The molecule has 1 heterocycles. The smallest absolute Gasteiger partial charge is 0.137 e. The largest absolute Gasteiger partial charge is 0.495 e. The van der Waals surface area contributed by atoms with E-state index < -0.39 is 5.60 Å². The molecule has 0 saturated carbocycles. The minimum atomic E-state index is -1.10. The lowest BCUT2D eigenvalue weighted by molar-refractivity contribution is 0.101. The molecule has 2 rings (SSSR count). The van der Waals surface area contributed by atoms with Crippen LogP contribution in [0.3, 0.4) is 0 Å². The molecule has 0 aliphatic rings. The maximum absolute atomic E-state index is 10.7. The van der Waals surface area contributed by atoms with E-state index in [4.69, 9.17) is 4.74 Å². The van der Waals surface area contributed by atoms with Crippen LogP contribution in [-0.4, -0.2) is 17.2 Å². The fourth-order valence-corrected chi connectivity index (χ4v) is 2.00. The average molecular weight is 308 g/mol. The second-order valence-electron chi connectivity index (χ2n) is 4.19. The van der Waals surface area contributed by atoms with Crippen molar-refractivity contribution in [2.75, 3.05) is 7.11 Å². The first-order valence-corrected chi connectivity index (χ1v) is 6.31. The summed E-state index contributed by atoms with van der Waals surface area (Å²) in [4.78, 5) is 4.07. The van der Waals surface area contributed by atoms with Gasteiger partial charge in [0.05, 0.1) is 13.3 Å². The Morgan fingerprint density at radius 2 is 1.83 bits per heavy atom. The highest BCUT2D eigenvalue weighted by atomic mass is 79.9. The first-order chi connectivity index (χ1) is 8.54. The van der Waals surface area contributed by atoms with Gasteiger partial charge in [0.2, 0.25) is 0 Å². The van der Waals surface area contributed by atoms with Gasteiger partial charge in [-0.3, -0.25) is 4.98 Å². The number of methoxy groups -OCH3 is 1. The molecule has 3 nitrogen and oxygen atoms in total. The van der Waals surface area contributed by atoms with Gasteiger partial charge in [-0.15, -0.1) is 0 Å². The quantitative estimate of drug-likeness (QED) is 0.947. The van der Waals surface area contributed by atoms with Gasteiger partial charge in [0.15, 0.2) is 0 Å². The Bertz CT molecular complexity index is 538. The van der Waals surface area contributed by atoms with Crippen LogP contribution in [0, 0.1) is 0 Å². The number of pyridine rings is 1. The van der Waals surface area contributed by atoms with Gasteiger partial charge < -0.3 is 9.84 Å². The number of rotatable bonds is 3. The third-order valence-corrected chi connectivity index (χ3v) is 3.45. The van der Waals surface area contributed by atoms with E-state index in [1.54, 1.807) is 32.5 Å². The van der Waals surface area contributed by atoms with Crippen LogP contribution in [0.15, 0.2) is 47.2 Å². The van der Waals surface area contributed by atoms with Gasteiger partial charge in [-0.2, -0.15) is 0 Å². The van der Waals surface area contributed by atoms with Crippen molar-refractivity contribution < 1.29 is 9.84 Å². The lowest BCUT2D eigenvalue weighted by Gasteiger charge is -2.24. The molecular weight excluding hydrogens is 294 g/mol. The molecule has 0 amide bonds. The maximum atomic E-state index is 10.7. The minimum absolute atomic E-state index is 0.630. The number of aromatic nitrogens is 1. The van der Waals surface area contributed by atoms with Gasteiger partial charge in [0.25, 0.3) is 0 Å². The Morgan fingerprint density at radius 3 is 2.44 bits per heavy atom. The van der Waals surface area contributed by atoms with E-state index in [-0.39, 0.29) is 0 Å². The van der Waals surface area contributed by atoms with Gasteiger partial charge in [-0.25, -0.2) is 0 Å². The highest BCUT2D eigenvalue weighted by Gasteiger charge is 2.26. The van der Waals surface area contributed by atoms with E-state index in [1.807, 2.05) is 24.3 Å². The van der Waals surface area contributed by atoms with Gasteiger partial charge in [0.1, 0.15) is 11.4 Å². The Balaban J connectivity index is 2.43. The molecule has 4 heteroatoms. The third-order valence-electron chi connectivity index (χ3n) is 2.92. The van der Waals surface area contributed by atoms with E-state index in [0.29, 0.717) is 11.3 Å². The van der Waals surface area contributed by atoms with Crippen LogP contribution in [0.4, 0.5) is 0 Å². The number of hydrogen-bond donors (Lipinski definition) is 1. The number of aliphatic hydroxyl groups is 1. The summed E-state index contributed by atoms with van der Waals surface area (Å²) in [5.41, 5.74) is 0.410. The van der Waals surface area contributed by atoms with Crippen LogP contribution in [0.2, 0.25) is 0 Å². The predicted molar refractivity (Wildman–Crippen MR) is 73.6 cm³/mol. The van der Waals surface area contributed by atoms with Gasteiger partial charge in [-0.05, 0) is 30.7 Å². The summed E-state index contributed by atoms with van der Waals surface area (Å²) in [6.07, 6.45) is 3.26. The molecule has 1 aromatic carbocycles. The first kappa shape index (κ1) is 13.1. The summed E-state index contributed by atoms with van der Waals surface area (Å²) >= 11 is 3.38. The fraction of sp³-hybridized carbons (Fsp3) is 0.214. The van der Waals surface area contributed by atoms with Crippen LogP contribution in [-0.2, 0) is 5.60 Å². The standard InChI is InChI=1S/C14H14BrNO2/c1-14(17,10-3-5-12(15)6-4-10)11-7-13(18-2)9-16-8-11/h3-9,17H,1-2H3. The molecule has 18 heavy (non-hydrogen) atoms. The summed E-state index contributed by atoms with van der Waals surface area (Å²) < 4.78 is 6.10. The predicted octanol–water partition coefficient (Wildman–Crippen LogP) is 3.11. The number of hydrogen-bond acceptors (Lipinski definition) is 3. The van der Waals surface area contributed by atoms with Gasteiger partial charge in [0, 0.05) is 16.2 Å². The lowest BCUT2D eigenvalue weighted by atomic mass is 9.89. The van der Waals surface area contributed by atoms with Crippen molar-refractivity contribution in [3.63, 3.8) is 0 Å². The zero-order valence-corrected chi connectivity index (χ0v) is 11.8. The van der Waals surface area contributed by atoms with E-state index in [2.05, 4.69) is 20.9 Å². The summed E-state index contributed by atoms with van der Waals surface area (Å²) in [5, 5.41) is 10.7. The molecule has 1 unspecified atom stereocenters. The van der Waals surface area contributed by atoms with Gasteiger partial charge >= 0.3 is 0 Å². The molecule has 0 bridgehead atoms. The van der Waals surface area contributed by atoms with Crippen LogP contribution >= 0.6 is 15.9 Å². The topological polar surface area (TPSA) is 42.4 Å². The lowest BCUT2D eigenvalue weighted by Crippen LogP contribution is -2.22. The number of benzene rings is 1. The highest BCUT2D eigenvalue weighted by molar-refractivity contribution is 9.10. The number of ether oxygens (including phenoxy) is 1. The van der Waals surface area contributed by atoms with Crippen molar-refractivity contribution >= 4 is 15.9 Å². The molecule has 0 saturated heterocycles. The summed E-state index contributed by atoms with van der Waals surface area (Å²) in [7, 11) is 1.58. The van der Waals surface area contributed by atoms with Crippen LogP contribution in [0.5, 0.6) is 5.75 Å². The molecule has 1 aromatic heterocycles. The Morgan fingerprint density at radius 1 is 1.17 bits per heavy atom. The normalized spacial score (nSPS) is 14.0. The Hall–Kier alpha value is -1.39. The van der Waals surface area contributed by atoms with Gasteiger partial charge in [-0.1, -0.05) is 28.1 Å². The third kappa shape index (κ3) is 2.54. The van der Waals surface area contributed by atoms with Crippen molar-refractivity contribution in [1.82, 2.24) is 4.98 Å². The molecule has 94 valence electrons. The second-order valence-corrected chi connectivity index (χ2v) is 5.11. The van der Waals surface area contributed by atoms with Crippen molar-refractivity contribution in [2.24, 2.45) is 0 Å². The molecule has 0 aliphatic heterocycles. The summed E-state index contributed by atoms with van der Waals surface area (Å²) in [5.74, 6) is 0.630. The number of halogens is 1. The summed E-state index contributed by atoms with van der Waals surface area (Å²) in [6, 6.07) is 9.34. The zero-order valence-electron chi connectivity index (χ0n) is 10.2. The SMILES string of the molecule is COc1cncc(C(C)(O)c2ccc(Br)cc2)c1. The molecule has 1 N–H and O–H groups in total. The van der Waals surface area contributed by atoms with E-state index in [1.165, 1.54) is 0 Å². The molecule has 0 fully saturated rings. The van der Waals surface area contributed by atoms with E-state index >= 15 is 0 Å². The van der Waals surface area contributed by atoms with Crippen LogP contribution < -0.4 is 4.74 Å². The van der Waals surface area contributed by atoms with Crippen LogP contribution in [0.1, 0.15) is 18.1 Å². The van der Waals surface area contributed by atoms with E-state index in [9.17, 15) is 5.11 Å². The average Bonchev–Trinajstić information content (AvgIpc) is 2.39. The molecule has 2 aromatic rings.